The molecule has 0 aliphatic carbocycles. The molecule has 1 aliphatic rings. The summed E-state index contributed by atoms with van der Waals surface area (Å²) in [4.78, 5) is 11.5. The fraction of sp³-hybridized carbons (Fsp3) is 0.625. The Morgan fingerprint density at radius 1 is 1.36 bits per heavy atom. The highest BCUT2D eigenvalue weighted by Gasteiger charge is 2.60. The molecule has 1 unspecified atom stereocenters. The van der Waals surface area contributed by atoms with Crippen molar-refractivity contribution in [2.45, 2.75) is 18.6 Å². The second-order valence-electron chi connectivity index (χ2n) is 3.25. The molecule has 0 spiro atoms. The van der Waals surface area contributed by atoms with E-state index in [0.717, 1.165) is 4.90 Å². The van der Waals surface area contributed by atoms with Gasteiger partial charge in [-0.15, -0.1) is 0 Å². The van der Waals surface area contributed by atoms with Gasteiger partial charge in [0.25, 0.3) is 0 Å². The lowest BCUT2D eigenvalue weighted by Gasteiger charge is -2.36. The van der Waals surface area contributed by atoms with Crippen LogP contribution in [-0.4, -0.2) is 40.8 Å². The molecular formula is C8H10F3NO2. The Bertz CT molecular complexity index is 266. The third-order valence-electron chi connectivity index (χ3n) is 2.42. The quantitative estimate of drug-likeness (QED) is 0.696. The van der Waals surface area contributed by atoms with Gasteiger partial charge in [0.05, 0.1) is 0 Å². The highest BCUT2D eigenvalue weighted by molar-refractivity contribution is 5.79. The van der Waals surface area contributed by atoms with Crippen LogP contribution in [0.2, 0.25) is 0 Å². The molecule has 6 heteroatoms. The second kappa shape index (κ2) is 3.27. The first-order chi connectivity index (χ1) is 6.30. The Morgan fingerprint density at radius 3 is 2.07 bits per heavy atom. The Kier molecular flexibility index (Phi) is 2.58. The van der Waals surface area contributed by atoms with Gasteiger partial charge in [-0.05, 0) is 6.92 Å². The van der Waals surface area contributed by atoms with Crippen molar-refractivity contribution in [1.29, 1.82) is 0 Å². The number of alkyl halides is 3. The molecule has 80 valence electrons. The molecule has 1 rings (SSSR count). The standard InChI is InChI=1S/C8H10F3NO2/c1-7(6(13)14,8(9,10)11)12-4-2-3-5-12/h2-3H,4-5H2,1H3,(H,13,14). The number of hydrogen-bond acceptors (Lipinski definition) is 2. The zero-order valence-electron chi connectivity index (χ0n) is 7.51. The first kappa shape index (κ1) is 11.0. The van der Waals surface area contributed by atoms with Crippen molar-refractivity contribution < 1.29 is 23.1 Å². The van der Waals surface area contributed by atoms with Gasteiger partial charge in [0.15, 0.2) is 0 Å². The minimum atomic E-state index is -4.77. The van der Waals surface area contributed by atoms with Crippen LogP contribution >= 0.6 is 0 Å². The Hall–Kier alpha value is -1.04. The monoisotopic (exact) mass is 209 g/mol. The average molecular weight is 209 g/mol. The van der Waals surface area contributed by atoms with Crippen molar-refractivity contribution in [2.24, 2.45) is 0 Å². The molecular weight excluding hydrogens is 199 g/mol. The SMILES string of the molecule is CC(C(=O)O)(N1CC=CC1)C(F)(F)F. The lowest BCUT2D eigenvalue weighted by molar-refractivity contribution is -0.229. The summed E-state index contributed by atoms with van der Waals surface area (Å²) in [6.07, 6.45) is -1.73. The van der Waals surface area contributed by atoms with Crippen LogP contribution in [-0.2, 0) is 4.79 Å². The summed E-state index contributed by atoms with van der Waals surface area (Å²) in [5, 5.41) is 8.64. The van der Waals surface area contributed by atoms with Crippen LogP contribution in [0.4, 0.5) is 13.2 Å². The van der Waals surface area contributed by atoms with Gasteiger partial charge in [0.2, 0.25) is 5.54 Å². The molecule has 3 nitrogen and oxygen atoms in total. The van der Waals surface area contributed by atoms with Crippen molar-refractivity contribution in [3.63, 3.8) is 0 Å². The third-order valence-corrected chi connectivity index (χ3v) is 2.42. The van der Waals surface area contributed by atoms with E-state index in [4.69, 9.17) is 5.11 Å². The zero-order valence-corrected chi connectivity index (χ0v) is 7.51. The molecule has 0 fully saturated rings. The van der Waals surface area contributed by atoms with Gasteiger partial charge in [-0.25, -0.2) is 4.79 Å². The number of rotatable bonds is 2. The van der Waals surface area contributed by atoms with E-state index < -0.39 is 17.7 Å². The largest absolute Gasteiger partial charge is 0.480 e. The highest BCUT2D eigenvalue weighted by atomic mass is 19.4. The summed E-state index contributed by atoms with van der Waals surface area (Å²) in [5.41, 5.74) is -2.80. The van der Waals surface area contributed by atoms with Gasteiger partial charge >= 0.3 is 12.1 Å². The predicted molar refractivity (Wildman–Crippen MR) is 42.8 cm³/mol. The molecule has 1 aliphatic heterocycles. The van der Waals surface area contributed by atoms with Crippen molar-refractivity contribution in [3.8, 4) is 0 Å². The molecule has 1 heterocycles. The van der Waals surface area contributed by atoms with Gasteiger partial charge in [0.1, 0.15) is 0 Å². The van der Waals surface area contributed by atoms with E-state index in [0.29, 0.717) is 6.92 Å². The van der Waals surface area contributed by atoms with E-state index in [1.54, 1.807) is 0 Å². The number of carbonyl (C=O) groups is 1. The average Bonchev–Trinajstić information content (AvgIpc) is 2.52. The second-order valence-corrected chi connectivity index (χ2v) is 3.25. The van der Waals surface area contributed by atoms with E-state index in [1.807, 2.05) is 0 Å². The molecule has 0 amide bonds. The maximum absolute atomic E-state index is 12.6. The van der Waals surface area contributed by atoms with E-state index in [9.17, 15) is 18.0 Å². The Labute approximate surface area is 78.8 Å². The molecule has 0 saturated carbocycles. The Morgan fingerprint density at radius 2 is 1.79 bits per heavy atom. The first-order valence-corrected chi connectivity index (χ1v) is 4.00. The van der Waals surface area contributed by atoms with Gasteiger partial charge in [0, 0.05) is 13.1 Å². The van der Waals surface area contributed by atoms with Crippen LogP contribution in [0.5, 0.6) is 0 Å². The molecule has 0 aromatic heterocycles. The topological polar surface area (TPSA) is 40.5 Å². The van der Waals surface area contributed by atoms with Crippen molar-refractivity contribution in [1.82, 2.24) is 4.90 Å². The van der Waals surface area contributed by atoms with Crippen LogP contribution in [0, 0.1) is 0 Å². The fourth-order valence-electron chi connectivity index (χ4n) is 1.28. The summed E-state index contributed by atoms with van der Waals surface area (Å²) < 4.78 is 37.7. The van der Waals surface area contributed by atoms with E-state index >= 15 is 0 Å². The van der Waals surface area contributed by atoms with E-state index in [1.165, 1.54) is 12.2 Å². The normalized spacial score (nSPS) is 22.3. The lowest BCUT2D eigenvalue weighted by atomic mass is 10.00. The maximum Gasteiger partial charge on any atom is 0.417 e. The molecule has 0 bridgehead atoms. The summed E-state index contributed by atoms with van der Waals surface area (Å²) in [6, 6.07) is 0. The summed E-state index contributed by atoms with van der Waals surface area (Å²) in [5.74, 6) is -1.87. The summed E-state index contributed by atoms with van der Waals surface area (Å²) >= 11 is 0. The van der Waals surface area contributed by atoms with Crippen molar-refractivity contribution in [3.05, 3.63) is 12.2 Å². The number of nitrogens with zero attached hydrogens (tertiary/aromatic N) is 1. The number of aliphatic carboxylic acids is 1. The van der Waals surface area contributed by atoms with Crippen LogP contribution < -0.4 is 0 Å². The van der Waals surface area contributed by atoms with Crippen molar-refractivity contribution in [2.75, 3.05) is 13.1 Å². The number of halogens is 3. The molecule has 0 aromatic carbocycles. The minimum absolute atomic E-state index is 0.0162. The molecule has 1 atom stereocenters. The van der Waals surface area contributed by atoms with Crippen molar-refractivity contribution >= 4 is 5.97 Å². The van der Waals surface area contributed by atoms with Crippen LogP contribution in [0.15, 0.2) is 12.2 Å². The first-order valence-electron chi connectivity index (χ1n) is 4.00. The van der Waals surface area contributed by atoms with Crippen LogP contribution in [0.3, 0.4) is 0 Å². The van der Waals surface area contributed by atoms with Gasteiger partial charge in [-0.3, -0.25) is 4.90 Å². The fourth-order valence-corrected chi connectivity index (χ4v) is 1.28. The Balaban J connectivity index is 2.99. The van der Waals surface area contributed by atoms with Crippen LogP contribution in [0.25, 0.3) is 0 Å². The molecule has 1 N–H and O–H groups in total. The molecule has 0 radical (unpaired) electrons. The van der Waals surface area contributed by atoms with Crippen LogP contribution in [0.1, 0.15) is 6.92 Å². The summed E-state index contributed by atoms with van der Waals surface area (Å²) in [7, 11) is 0. The lowest BCUT2D eigenvalue weighted by Crippen LogP contribution is -2.61. The van der Waals surface area contributed by atoms with E-state index in [-0.39, 0.29) is 13.1 Å². The molecule has 0 aromatic rings. The van der Waals surface area contributed by atoms with Gasteiger partial charge in [-0.1, -0.05) is 12.2 Å². The number of carboxylic acids is 1. The highest BCUT2D eigenvalue weighted by Crippen LogP contribution is 2.36. The van der Waals surface area contributed by atoms with Gasteiger partial charge in [-0.2, -0.15) is 13.2 Å². The summed E-state index contributed by atoms with van der Waals surface area (Å²) in [6.45, 7) is 0.715. The smallest absolute Gasteiger partial charge is 0.417 e. The predicted octanol–water partition coefficient (Wildman–Crippen LogP) is 1.26. The minimum Gasteiger partial charge on any atom is -0.480 e. The van der Waals surface area contributed by atoms with E-state index in [2.05, 4.69) is 0 Å². The number of carboxylic acid groups (broad SMARTS) is 1. The maximum atomic E-state index is 12.6. The third kappa shape index (κ3) is 1.50. The molecule has 0 saturated heterocycles. The van der Waals surface area contributed by atoms with Gasteiger partial charge < -0.3 is 5.11 Å². The number of hydrogen-bond donors (Lipinski definition) is 1. The molecule has 14 heavy (non-hydrogen) atoms. The zero-order chi connectivity index (χ0) is 11.0.